The van der Waals surface area contributed by atoms with E-state index in [-0.39, 0.29) is 11.7 Å². The topological polar surface area (TPSA) is 92.7 Å². The molecule has 1 amide bonds. The summed E-state index contributed by atoms with van der Waals surface area (Å²) in [6.45, 7) is 4.57. The molecule has 0 bridgehead atoms. The summed E-state index contributed by atoms with van der Waals surface area (Å²) in [5.74, 6) is -0.0609. The lowest BCUT2D eigenvalue weighted by Gasteiger charge is -2.02. The van der Waals surface area contributed by atoms with Crippen LogP contribution in [0.4, 0.5) is 9.52 Å². The Morgan fingerprint density at radius 3 is 2.78 bits per heavy atom. The van der Waals surface area contributed by atoms with Gasteiger partial charge >= 0.3 is 0 Å². The van der Waals surface area contributed by atoms with Crippen LogP contribution in [0.5, 0.6) is 0 Å². The Bertz CT molecular complexity index is 911. The van der Waals surface area contributed by atoms with Crippen molar-refractivity contribution in [2.24, 2.45) is 0 Å². The zero-order chi connectivity index (χ0) is 19.1. The molecule has 0 saturated heterocycles. The van der Waals surface area contributed by atoms with Crippen LogP contribution in [0.2, 0.25) is 0 Å². The molecule has 3 rings (SSSR count). The standard InChI is InChI=1S/C16H15FN6OS3/c1-2-7-18-15-22-23-16(27-15)25-9-12-20-21-14(26-12)13(24)19-8-10-3-5-11(17)6-4-10/h2-6H,1,7-9H2,(H,18,22)(H,19,24). The lowest BCUT2D eigenvalue weighted by molar-refractivity contribution is 0.0950. The van der Waals surface area contributed by atoms with E-state index in [0.29, 0.717) is 23.8 Å². The Labute approximate surface area is 167 Å². The van der Waals surface area contributed by atoms with Crippen molar-refractivity contribution >= 4 is 45.5 Å². The maximum absolute atomic E-state index is 12.9. The molecule has 2 heterocycles. The minimum Gasteiger partial charge on any atom is -0.357 e. The van der Waals surface area contributed by atoms with Gasteiger partial charge in [0.25, 0.3) is 5.91 Å². The molecule has 27 heavy (non-hydrogen) atoms. The average molecular weight is 423 g/mol. The molecular weight excluding hydrogens is 407 g/mol. The second kappa shape index (κ2) is 9.53. The SMILES string of the molecule is C=CCNc1nnc(SCc2nnc(C(=O)NCc3ccc(F)cc3)s2)s1. The molecule has 0 atom stereocenters. The van der Waals surface area contributed by atoms with E-state index in [2.05, 4.69) is 37.6 Å². The molecule has 2 aromatic heterocycles. The van der Waals surface area contributed by atoms with Crippen LogP contribution in [0.1, 0.15) is 20.4 Å². The minimum atomic E-state index is -0.310. The molecule has 0 saturated carbocycles. The molecule has 1 aromatic carbocycles. The molecule has 0 aliphatic heterocycles. The molecule has 0 radical (unpaired) electrons. The summed E-state index contributed by atoms with van der Waals surface area (Å²) in [5.41, 5.74) is 0.808. The fraction of sp³-hybridized carbons (Fsp3) is 0.188. The number of anilines is 1. The average Bonchev–Trinajstić information content (AvgIpc) is 3.33. The van der Waals surface area contributed by atoms with Crippen LogP contribution >= 0.6 is 34.4 Å². The second-order valence-electron chi connectivity index (χ2n) is 5.14. The van der Waals surface area contributed by atoms with Gasteiger partial charge in [0.05, 0.1) is 5.75 Å². The van der Waals surface area contributed by atoms with Crippen LogP contribution < -0.4 is 10.6 Å². The number of benzene rings is 1. The number of carbonyl (C=O) groups excluding carboxylic acids is 1. The molecule has 2 N–H and O–H groups in total. The third kappa shape index (κ3) is 5.81. The van der Waals surface area contributed by atoms with Crippen LogP contribution in [0, 0.1) is 5.82 Å². The summed E-state index contributed by atoms with van der Waals surface area (Å²) >= 11 is 4.16. The molecule has 0 fully saturated rings. The van der Waals surface area contributed by atoms with Crippen molar-refractivity contribution in [3.05, 3.63) is 58.3 Å². The highest BCUT2D eigenvalue weighted by Gasteiger charge is 2.13. The predicted molar refractivity (Wildman–Crippen MR) is 106 cm³/mol. The molecule has 0 unspecified atom stereocenters. The molecule has 7 nitrogen and oxygen atoms in total. The van der Waals surface area contributed by atoms with Gasteiger partial charge in [0.2, 0.25) is 10.1 Å². The Morgan fingerprint density at radius 1 is 1.19 bits per heavy atom. The highest BCUT2D eigenvalue weighted by molar-refractivity contribution is 8.00. The number of nitrogens with one attached hydrogen (secondary N) is 2. The first kappa shape index (κ1) is 19.4. The lowest BCUT2D eigenvalue weighted by atomic mass is 10.2. The number of hydrogen-bond donors (Lipinski definition) is 2. The van der Waals surface area contributed by atoms with Crippen molar-refractivity contribution in [3.63, 3.8) is 0 Å². The van der Waals surface area contributed by atoms with Crippen molar-refractivity contribution in [1.82, 2.24) is 25.7 Å². The third-order valence-electron chi connectivity index (χ3n) is 3.15. The van der Waals surface area contributed by atoms with Gasteiger partial charge in [0, 0.05) is 13.1 Å². The summed E-state index contributed by atoms with van der Waals surface area (Å²) < 4.78 is 13.7. The Kier molecular flexibility index (Phi) is 6.85. The molecule has 0 aliphatic carbocycles. The maximum Gasteiger partial charge on any atom is 0.282 e. The first-order chi connectivity index (χ1) is 13.1. The number of rotatable bonds is 9. The van der Waals surface area contributed by atoms with E-state index in [4.69, 9.17) is 0 Å². The van der Waals surface area contributed by atoms with E-state index in [1.54, 1.807) is 18.2 Å². The highest BCUT2D eigenvalue weighted by Crippen LogP contribution is 2.29. The zero-order valence-corrected chi connectivity index (χ0v) is 16.5. The number of aromatic nitrogens is 4. The van der Waals surface area contributed by atoms with Crippen molar-refractivity contribution < 1.29 is 9.18 Å². The smallest absolute Gasteiger partial charge is 0.282 e. The van der Waals surface area contributed by atoms with Gasteiger partial charge in [-0.2, -0.15) is 0 Å². The van der Waals surface area contributed by atoms with Gasteiger partial charge in [-0.15, -0.1) is 27.0 Å². The maximum atomic E-state index is 12.9. The van der Waals surface area contributed by atoms with E-state index in [0.717, 1.165) is 20.0 Å². The van der Waals surface area contributed by atoms with Crippen LogP contribution in [0.15, 0.2) is 41.3 Å². The van der Waals surface area contributed by atoms with E-state index in [1.165, 1.54) is 46.6 Å². The Hall–Kier alpha value is -2.37. The summed E-state index contributed by atoms with van der Waals surface area (Å²) in [5, 5.41) is 23.6. The molecule has 3 aromatic rings. The van der Waals surface area contributed by atoms with Crippen LogP contribution in [0.25, 0.3) is 0 Å². The number of carbonyl (C=O) groups is 1. The molecule has 11 heteroatoms. The van der Waals surface area contributed by atoms with Crippen molar-refractivity contribution in [3.8, 4) is 0 Å². The van der Waals surface area contributed by atoms with Gasteiger partial charge in [-0.05, 0) is 17.7 Å². The van der Waals surface area contributed by atoms with Crippen LogP contribution in [-0.2, 0) is 12.3 Å². The van der Waals surface area contributed by atoms with E-state index < -0.39 is 0 Å². The fourth-order valence-electron chi connectivity index (χ4n) is 1.89. The van der Waals surface area contributed by atoms with E-state index in [9.17, 15) is 9.18 Å². The summed E-state index contributed by atoms with van der Waals surface area (Å²) in [6, 6.07) is 5.96. The van der Waals surface area contributed by atoms with Crippen molar-refractivity contribution in [2.45, 2.75) is 16.6 Å². The minimum absolute atomic E-state index is 0.290. The lowest BCUT2D eigenvalue weighted by Crippen LogP contribution is -2.22. The predicted octanol–water partition coefficient (Wildman–Crippen LogP) is 3.35. The zero-order valence-electron chi connectivity index (χ0n) is 14.0. The number of thioether (sulfide) groups is 1. The number of amides is 1. The molecule has 0 aliphatic rings. The quantitative estimate of drug-likeness (QED) is 0.403. The number of halogens is 1. The van der Waals surface area contributed by atoms with Crippen molar-refractivity contribution in [1.29, 1.82) is 0 Å². The summed E-state index contributed by atoms with van der Waals surface area (Å²) in [7, 11) is 0. The Balaban J connectivity index is 1.48. The first-order valence-electron chi connectivity index (χ1n) is 7.80. The summed E-state index contributed by atoms with van der Waals surface area (Å²) in [6.07, 6.45) is 1.75. The van der Waals surface area contributed by atoms with E-state index >= 15 is 0 Å². The molecular formula is C16H15FN6OS3. The normalized spacial score (nSPS) is 10.6. The van der Waals surface area contributed by atoms with E-state index in [1.807, 2.05) is 0 Å². The van der Waals surface area contributed by atoms with Crippen LogP contribution in [0.3, 0.4) is 0 Å². The summed E-state index contributed by atoms with van der Waals surface area (Å²) in [4.78, 5) is 12.2. The molecule has 140 valence electrons. The largest absolute Gasteiger partial charge is 0.357 e. The van der Waals surface area contributed by atoms with Gasteiger partial charge in [0.1, 0.15) is 10.8 Å². The van der Waals surface area contributed by atoms with Gasteiger partial charge in [-0.25, -0.2) is 4.39 Å². The third-order valence-corrected chi connectivity index (χ3v) is 6.28. The van der Waals surface area contributed by atoms with Gasteiger partial charge in [-0.3, -0.25) is 4.79 Å². The van der Waals surface area contributed by atoms with Gasteiger partial charge < -0.3 is 10.6 Å². The van der Waals surface area contributed by atoms with Crippen LogP contribution in [-0.4, -0.2) is 32.8 Å². The first-order valence-corrected chi connectivity index (χ1v) is 10.4. The van der Waals surface area contributed by atoms with Gasteiger partial charge in [0.15, 0.2) is 4.34 Å². The Morgan fingerprint density at radius 2 is 2.00 bits per heavy atom. The number of nitrogens with zero attached hydrogens (tertiary/aromatic N) is 4. The monoisotopic (exact) mass is 422 g/mol. The number of hydrogen-bond acceptors (Lipinski definition) is 9. The fourth-order valence-corrected chi connectivity index (χ4v) is 4.39. The van der Waals surface area contributed by atoms with Crippen molar-refractivity contribution in [2.75, 3.05) is 11.9 Å². The van der Waals surface area contributed by atoms with Gasteiger partial charge in [-0.1, -0.05) is 52.6 Å². The highest BCUT2D eigenvalue weighted by atomic mass is 32.2. The second-order valence-corrected chi connectivity index (χ2v) is 8.40. The molecule has 0 spiro atoms.